The Kier molecular flexibility index (Phi) is 3.14. The molecule has 18 heavy (non-hydrogen) atoms. The number of sulfonamides is 1. The van der Waals surface area contributed by atoms with Crippen LogP contribution in [-0.2, 0) is 14.8 Å². The number of nitrogens with two attached hydrogens (primary N) is 1. The van der Waals surface area contributed by atoms with Crippen molar-refractivity contribution in [3.63, 3.8) is 0 Å². The molecule has 0 radical (unpaired) electrons. The summed E-state index contributed by atoms with van der Waals surface area (Å²) in [7, 11) is -2.76. The van der Waals surface area contributed by atoms with Crippen molar-refractivity contribution in [2.24, 2.45) is 5.14 Å². The lowest BCUT2D eigenvalue weighted by molar-refractivity contribution is 0.0590. The summed E-state index contributed by atoms with van der Waals surface area (Å²) in [5.74, 6) is -0.393. The number of hydrogen-bond acceptors (Lipinski definition) is 6. The van der Waals surface area contributed by atoms with Gasteiger partial charge in [-0.1, -0.05) is 0 Å². The third-order valence-electron chi connectivity index (χ3n) is 2.35. The van der Waals surface area contributed by atoms with Crippen molar-refractivity contribution in [1.82, 2.24) is 0 Å². The van der Waals surface area contributed by atoms with E-state index in [1.807, 2.05) is 0 Å². The Morgan fingerprint density at radius 2 is 2.00 bits per heavy atom. The molecule has 1 aromatic carbocycles. The van der Waals surface area contributed by atoms with E-state index in [1.165, 1.54) is 13.2 Å². The largest absolute Gasteiger partial charge is 0.486 e. The summed E-state index contributed by atoms with van der Waals surface area (Å²) in [6, 6.07) is 2.32. The lowest BCUT2D eigenvalue weighted by Crippen LogP contribution is -2.20. The Morgan fingerprint density at radius 3 is 2.61 bits per heavy atom. The molecule has 1 heterocycles. The molecule has 1 aliphatic rings. The van der Waals surface area contributed by atoms with Crippen LogP contribution < -0.4 is 14.6 Å². The normalized spacial score (nSPS) is 14.1. The van der Waals surface area contributed by atoms with Crippen LogP contribution in [0.3, 0.4) is 0 Å². The van der Waals surface area contributed by atoms with E-state index < -0.39 is 16.0 Å². The lowest BCUT2D eigenvalue weighted by Gasteiger charge is -2.21. The molecule has 2 N–H and O–H groups in total. The van der Waals surface area contributed by atoms with Crippen LogP contribution in [0.1, 0.15) is 10.4 Å². The number of hydrogen-bond donors (Lipinski definition) is 1. The van der Waals surface area contributed by atoms with Crippen molar-refractivity contribution in [2.75, 3.05) is 20.3 Å². The van der Waals surface area contributed by atoms with Crippen LogP contribution in [0.15, 0.2) is 17.0 Å². The molecule has 0 amide bonds. The van der Waals surface area contributed by atoms with Crippen molar-refractivity contribution < 1.29 is 27.4 Å². The van der Waals surface area contributed by atoms with Gasteiger partial charge >= 0.3 is 5.97 Å². The van der Waals surface area contributed by atoms with E-state index in [0.29, 0.717) is 0 Å². The third-order valence-corrected chi connectivity index (χ3v) is 3.24. The molecule has 0 aromatic heterocycles. The van der Waals surface area contributed by atoms with Crippen LogP contribution in [0.2, 0.25) is 0 Å². The van der Waals surface area contributed by atoms with E-state index in [2.05, 4.69) is 4.74 Å². The molecule has 0 spiro atoms. The summed E-state index contributed by atoms with van der Waals surface area (Å²) in [6.07, 6.45) is 0. The van der Waals surface area contributed by atoms with Crippen LogP contribution in [-0.4, -0.2) is 34.7 Å². The molecule has 0 bridgehead atoms. The van der Waals surface area contributed by atoms with E-state index in [1.54, 1.807) is 0 Å². The van der Waals surface area contributed by atoms with Gasteiger partial charge in [0, 0.05) is 6.07 Å². The fourth-order valence-electron chi connectivity index (χ4n) is 1.55. The zero-order valence-electron chi connectivity index (χ0n) is 9.50. The van der Waals surface area contributed by atoms with Gasteiger partial charge in [-0.3, -0.25) is 0 Å². The highest BCUT2D eigenvalue weighted by Gasteiger charge is 2.25. The quantitative estimate of drug-likeness (QED) is 0.754. The van der Waals surface area contributed by atoms with Gasteiger partial charge in [0.15, 0.2) is 11.5 Å². The second kappa shape index (κ2) is 4.46. The molecule has 0 saturated carbocycles. The van der Waals surface area contributed by atoms with Gasteiger partial charge in [-0.2, -0.15) is 0 Å². The van der Waals surface area contributed by atoms with Crippen LogP contribution in [0, 0.1) is 0 Å². The van der Waals surface area contributed by atoms with E-state index in [0.717, 1.165) is 6.07 Å². The van der Waals surface area contributed by atoms with E-state index in [-0.39, 0.29) is 35.2 Å². The Hall–Kier alpha value is -1.80. The highest BCUT2D eigenvalue weighted by atomic mass is 32.2. The number of carbonyl (C=O) groups excluding carboxylic acids is 1. The van der Waals surface area contributed by atoms with Crippen LogP contribution in [0.25, 0.3) is 0 Å². The molecular formula is C10H11NO6S. The van der Waals surface area contributed by atoms with Gasteiger partial charge in [0.1, 0.15) is 18.8 Å². The number of esters is 1. The number of benzene rings is 1. The minimum Gasteiger partial charge on any atom is -0.486 e. The van der Waals surface area contributed by atoms with Crippen molar-refractivity contribution in [3.05, 3.63) is 17.7 Å². The first-order chi connectivity index (χ1) is 8.43. The first-order valence-corrected chi connectivity index (χ1v) is 6.53. The Balaban J connectivity index is 2.66. The zero-order valence-corrected chi connectivity index (χ0v) is 10.3. The fraction of sp³-hybridized carbons (Fsp3) is 0.300. The van der Waals surface area contributed by atoms with Crippen LogP contribution >= 0.6 is 0 Å². The van der Waals surface area contributed by atoms with Gasteiger partial charge in [-0.25, -0.2) is 18.4 Å². The Bertz CT molecular complexity index is 595. The molecule has 0 saturated heterocycles. The topological polar surface area (TPSA) is 105 Å². The van der Waals surface area contributed by atoms with E-state index in [9.17, 15) is 13.2 Å². The van der Waals surface area contributed by atoms with Gasteiger partial charge < -0.3 is 14.2 Å². The van der Waals surface area contributed by atoms with E-state index in [4.69, 9.17) is 14.6 Å². The average Bonchev–Trinajstić information content (AvgIpc) is 2.35. The van der Waals surface area contributed by atoms with Crippen LogP contribution in [0.5, 0.6) is 11.5 Å². The molecule has 0 fully saturated rings. The minimum atomic E-state index is -3.94. The average molecular weight is 273 g/mol. The van der Waals surface area contributed by atoms with E-state index >= 15 is 0 Å². The summed E-state index contributed by atoms with van der Waals surface area (Å²) >= 11 is 0. The molecule has 0 unspecified atom stereocenters. The van der Waals surface area contributed by atoms with Gasteiger partial charge in [-0.15, -0.1) is 0 Å². The smallest absolute Gasteiger partial charge is 0.341 e. The maximum Gasteiger partial charge on any atom is 0.341 e. The number of rotatable bonds is 2. The number of fused-ring (bicyclic) bond motifs is 1. The molecule has 2 rings (SSSR count). The third kappa shape index (κ3) is 2.24. The number of ether oxygens (including phenoxy) is 3. The highest BCUT2D eigenvalue weighted by molar-refractivity contribution is 7.89. The Labute approximate surface area is 103 Å². The van der Waals surface area contributed by atoms with Crippen LogP contribution in [0.4, 0.5) is 0 Å². The predicted molar refractivity (Wildman–Crippen MR) is 60.1 cm³/mol. The summed E-state index contributed by atoms with van der Waals surface area (Å²) in [4.78, 5) is 11.3. The van der Waals surface area contributed by atoms with Crippen molar-refractivity contribution in [2.45, 2.75) is 4.90 Å². The first kappa shape index (κ1) is 12.7. The molecular weight excluding hydrogens is 262 g/mol. The van der Waals surface area contributed by atoms with Gasteiger partial charge in [-0.05, 0) is 6.07 Å². The molecule has 98 valence electrons. The first-order valence-electron chi connectivity index (χ1n) is 4.98. The Morgan fingerprint density at radius 1 is 1.33 bits per heavy atom. The summed E-state index contributed by atoms with van der Waals surface area (Å²) in [6.45, 7) is 0.535. The SMILES string of the molecule is COC(=O)c1cc(S(N)(=O)=O)cc2c1OCCO2. The second-order valence-corrected chi connectivity index (χ2v) is 5.09. The predicted octanol–water partition coefficient (Wildman–Crippen LogP) is -0.108. The molecule has 7 nitrogen and oxygen atoms in total. The zero-order chi connectivity index (χ0) is 13.3. The summed E-state index contributed by atoms with van der Waals surface area (Å²) in [5, 5.41) is 5.02. The van der Waals surface area contributed by atoms with Gasteiger partial charge in [0.2, 0.25) is 10.0 Å². The van der Waals surface area contributed by atoms with Gasteiger partial charge in [0.05, 0.1) is 12.0 Å². The molecule has 1 aromatic rings. The summed E-state index contributed by atoms with van der Waals surface area (Å²) < 4.78 is 37.7. The number of carbonyl (C=O) groups is 1. The number of methoxy groups -OCH3 is 1. The maximum absolute atomic E-state index is 11.6. The lowest BCUT2D eigenvalue weighted by atomic mass is 10.2. The van der Waals surface area contributed by atoms with Crippen molar-refractivity contribution >= 4 is 16.0 Å². The number of primary sulfonamides is 1. The maximum atomic E-state index is 11.6. The monoisotopic (exact) mass is 273 g/mol. The molecule has 1 aliphatic heterocycles. The minimum absolute atomic E-state index is 0.0290. The molecule has 0 atom stereocenters. The van der Waals surface area contributed by atoms with Crippen molar-refractivity contribution in [3.8, 4) is 11.5 Å². The highest BCUT2D eigenvalue weighted by Crippen LogP contribution is 2.36. The molecule has 0 aliphatic carbocycles. The second-order valence-electron chi connectivity index (χ2n) is 3.53. The molecule has 8 heteroatoms. The summed E-state index contributed by atoms with van der Waals surface area (Å²) in [5.41, 5.74) is -0.0290. The standard InChI is InChI=1S/C10H11NO6S/c1-15-10(12)7-4-6(18(11,13)14)5-8-9(7)17-3-2-16-8/h4-5H,2-3H2,1H3,(H2,11,13,14). The van der Waals surface area contributed by atoms with Gasteiger partial charge in [0.25, 0.3) is 0 Å². The van der Waals surface area contributed by atoms with Crippen molar-refractivity contribution in [1.29, 1.82) is 0 Å². The fourth-order valence-corrected chi connectivity index (χ4v) is 2.11.